The highest BCUT2D eigenvalue weighted by Crippen LogP contribution is 2.15. The summed E-state index contributed by atoms with van der Waals surface area (Å²) in [5.41, 5.74) is 4.48. The van der Waals surface area contributed by atoms with Crippen molar-refractivity contribution < 1.29 is 14.3 Å². The Morgan fingerprint density at radius 3 is 2.62 bits per heavy atom. The van der Waals surface area contributed by atoms with Gasteiger partial charge in [-0.3, -0.25) is 9.59 Å². The SMILES string of the molecule is C/C(CC(=O)Nc1cccc(Cl)c1)=N/NC(=O)COc1cccc(C)c1. The number of halogens is 1. The van der Waals surface area contributed by atoms with Gasteiger partial charge in [0, 0.05) is 16.4 Å². The van der Waals surface area contributed by atoms with Crippen molar-refractivity contribution in [2.24, 2.45) is 5.10 Å². The normalized spacial score (nSPS) is 11.0. The van der Waals surface area contributed by atoms with Crippen molar-refractivity contribution >= 4 is 34.8 Å². The van der Waals surface area contributed by atoms with E-state index in [0.29, 0.717) is 22.2 Å². The number of hydrazone groups is 1. The Balaban J connectivity index is 1.76. The predicted molar refractivity (Wildman–Crippen MR) is 103 cm³/mol. The van der Waals surface area contributed by atoms with Gasteiger partial charge in [-0.2, -0.15) is 5.10 Å². The van der Waals surface area contributed by atoms with E-state index in [4.69, 9.17) is 16.3 Å². The largest absolute Gasteiger partial charge is 0.484 e. The van der Waals surface area contributed by atoms with Gasteiger partial charge in [-0.15, -0.1) is 0 Å². The number of amides is 2. The summed E-state index contributed by atoms with van der Waals surface area (Å²) in [7, 11) is 0. The summed E-state index contributed by atoms with van der Waals surface area (Å²) in [4.78, 5) is 23.7. The third-order valence-electron chi connectivity index (χ3n) is 3.26. The number of rotatable bonds is 7. The second-order valence-corrected chi connectivity index (χ2v) is 6.16. The quantitative estimate of drug-likeness (QED) is 0.575. The lowest BCUT2D eigenvalue weighted by molar-refractivity contribution is -0.123. The zero-order valence-electron chi connectivity index (χ0n) is 14.6. The van der Waals surface area contributed by atoms with E-state index in [2.05, 4.69) is 15.8 Å². The van der Waals surface area contributed by atoms with Crippen LogP contribution in [0, 0.1) is 6.92 Å². The number of ether oxygens (including phenoxy) is 1. The molecule has 0 spiro atoms. The maximum atomic E-state index is 11.9. The molecule has 0 saturated heterocycles. The fraction of sp³-hybridized carbons (Fsp3) is 0.211. The van der Waals surface area contributed by atoms with Crippen LogP contribution in [-0.2, 0) is 9.59 Å². The van der Waals surface area contributed by atoms with Gasteiger partial charge in [-0.05, 0) is 49.7 Å². The first-order valence-corrected chi connectivity index (χ1v) is 8.37. The van der Waals surface area contributed by atoms with E-state index >= 15 is 0 Å². The first-order chi connectivity index (χ1) is 12.4. The first kappa shape index (κ1) is 19.5. The molecule has 2 aromatic rings. The van der Waals surface area contributed by atoms with Crippen LogP contribution in [0.25, 0.3) is 0 Å². The van der Waals surface area contributed by atoms with Gasteiger partial charge in [0.05, 0.1) is 6.42 Å². The summed E-state index contributed by atoms with van der Waals surface area (Å²) >= 11 is 5.87. The van der Waals surface area contributed by atoms with E-state index in [1.54, 1.807) is 37.3 Å². The number of carbonyl (C=O) groups is 2. The zero-order valence-corrected chi connectivity index (χ0v) is 15.3. The molecule has 0 heterocycles. The molecule has 2 amide bonds. The minimum Gasteiger partial charge on any atom is -0.484 e. The molecule has 7 heteroatoms. The highest BCUT2D eigenvalue weighted by Gasteiger charge is 2.06. The molecule has 0 aromatic heterocycles. The van der Waals surface area contributed by atoms with Crippen molar-refractivity contribution in [3.63, 3.8) is 0 Å². The second kappa shape index (κ2) is 9.58. The van der Waals surface area contributed by atoms with Gasteiger partial charge >= 0.3 is 0 Å². The van der Waals surface area contributed by atoms with E-state index in [1.165, 1.54) is 0 Å². The van der Waals surface area contributed by atoms with Crippen molar-refractivity contribution in [2.45, 2.75) is 20.3 Å². The molecule has 2 rings (SSSR count). The summed E-state index contributed by atoms with van der Waals surface area (Å²) in [5, 5.41) is 7.15. The van der Waals surface area contributed by atoms with E-state index < -0.39 is 5.91 Å². The second-order valence-electron chi connectivity index (χ2n) is 5.72. The molecule has 0 aliphatic rings. The fourth-order valence-electron chi connectivity index (χ4n) is 2.09. The molecule has 6 nitrogen and oxygen atoms in total. The molecule has 0 aliphatic carbocycles. The van der Waals surface area contributed by atoms with Crippen LogP contribution in [0.1, 0.15) is 18.9 Å². The lowest BCUT2D eigenvalue weighted by atomic mass is 10.2. The fourth-order valence-corrected chi connectivity index (χ4v) is 2.28. The Kier molecular flexibility index (Phi) is 7.17. The van der Waals surface area contributed by atoms with Crippen LogP contribution in [0.5, 0.6) is 5.75 Å². The molecule has 136 valence electrons. The molecular weight excluding hydrogens is 354 g/mol. The van der Waals surface area contributed by atoms with Crippen molar-refractivity contribution in [3.05, 3.63) is 59.1 Å². The lowest BCUT2D eigenvalue weighted by Gasteiger charge is -2.07. The molecule has 0 radical (unpaired) electrons. The van der Waals surface area contributed by atoms with Crippen LogP contribution in [0.15, 0.2) is 53.6 Å². The van der Waals surface area contributed by atoms with Gasteiger partial charge < -0.3 is 10.1 Å². The first-order valence-electron chi connectivity index (χ1n) is 7.99. The van der Waals surface area contributed by atoms with Gasteiger partial charge in [0.1, 0.15) is 5.75 Å². The van der Waals surface area contributed by atoms with Gasteiger partial charge in [-0.1, -0.05) is 29.8 Å². The highest BCUT2D eigenvalue weighted by atomic mass is 35.5. The van der Waals surface area contributed by atoms with Crippen molar-refractivity contribution in [3.8, 4) is 5.75 Å². The van der Waals surface area contributed by atoms with Crippen LogP contribution < -0.4 is 15.5 Å². The molecule has 2 aromatic carbocycles. The van der Waals surface area contributed by atoms with Crippen LogP contribution in [-0.4, -0.2) is 24.1 Å². The molecule has 2 N–H and O–H groups in total. The molecule has 0 bridgehead atoms. The Morgan fingerprint density at radius 2 is 1.88 bits per heavy atom. The lowest BCUT2D eigenvalue weighted by Crippen LogP contribution is -2.26. The van der Waals surface area contributed by atoms with Crippen molar-refractivity contribution in [1.29, 1.82) is 0 Å². The summed E-state index contributed by atoms with van der Waals surface area (Å²) in [5.74, 6) is -0.0402. The zero-order chi connectivity index (χ0) is 18.9. The monoisotopic (exact) mass is 373 g/mol. The van der Waals surface area contributed by atoms with E-state index in [-0.39, 0.29) is 18.9 Å². The van der Waals surface area contributed by atoms with Crippen molar-refractivity contribution in [1.82, 2.24) is 5.43 Å². The predicted octanol–water partition coefficient (Wildman–Crippen LogP) is 3.55. The minimum absolute atomic E-state index is 0.0472. The Hall–Kier alpha value is -2.86. The third-order valence-corrected chi connectivity index (χ3v) is 3.49. The van der Waals surface area contributed by atoms with Crippen molar-refractivity contribution in [2.75, 3.05) is 11.9 Å². The summed E-state index contributed by atoms with van der Waals surface area (Å²) in [6.07, 6.45) is 0.0472. The molecular formula is C19H20ClN3O3. The topological polar surface area (TPSA) is 79.8 Å². The maximum Gasteiger partial charge on any atom is 0.277 e. The number of hydrogen-bond acceptors (Lipinski definition) is 4. The molecule has 0 fully saturated rings. The average Bonchev–Trinajstić information content (AvgIpc) is 2.58. The molecule has 0 saturated carbocycles. The summed E-state index contributed by atoms with van der Waals surface area (Å²) in [6, 6.07) is 14.2. The third kappa shape index (κ3) is 6.94. The standard InChI is InChI=1S/C19H20ClN3O3/c1-13-5-3-8-17(9-13)26-12-19(25)23-22-14(2)10-18(24)21-16-7-4-6-15(20)11-16/h3-9,11H,10,12H2,1-2H3,(H,21,24)(H,23,25)/b22-14-. The molecule has 26 heavy (non-hydrogen) atoms. The highest BCUT2D eigenvalue weighted by molar-refractivity contribution is 6.30. The summed E-state index contributed by atoms with van der Waals surface area (Å²) in [6.45, 7) is 3.43. The van der Waals surface area contributed by atoms with E-state index in [9.17, 15) is 9.59 Å². The van der Waals surface area contributed by atoms with E-state index in [0.717, 1.165) is 5.56 Å². The Morgan fingerprint density at radius 1 is 1.12 bits per heavy atom. The number of hydrogen-bond donors (Lipinski definition) is 2. The number of aryl methyl sites for hydroxylation is 1. The van der Waals surface area contributed by atoms with Gasteiger partial charge in [-0.25, -0.2) is 5.43 Å². The smallest absolute Gasteiger partial charge is 0.277 e. The number of nitrogens with one attached hydrogen (secondary N) is 2. The van der Waals surface area contributed by atoms with E-state index in [1.807, 2.05) is 25.1 Å². The van der Waals surface area contributed by atoms with Gasteiger partial charge in [0.2, 0.25) is 5.91 Å². The average molecular weight is 374 g/mol. The number of carbonyl (C=O) groups excluding carboxylic acids is 2. The van der Waals surface area contributed by atoms with Crippen LogP contribution in [0.2, 0.25) is 5.02 Å². The minimum atomic E-state index is -0.402. The number of benzene rings is 2. The van der Waals surface area contributed by atoms with Gasteiger partial charge in [0.25, 0.3) is 5.91 Å². The molecule has 0 atom stereocenters. The summed E-state index contributed by atoms with van der Waals surface area (Å²) < 4.78 is 5.38. The number of nitrogens with zero attached hydrogens (tertiary/aromatic N) is 1. The maximum absolute atomic E-state index is 11.9. The Labute approximate surface area is 157 Å². The van der Waals surface area contributed by atoms with Gasteiger partial charge in [0.15, 0.2) is 6.61 Å². The number of anilines is 1. The molecule has 0 unspecified atom stereocenters. The van der Waals surface area contributed by atoms with Crippen LogP contribution >= 0.6 is 11.6 Å². The van der Waals surface area contributed by atoms with Crippen LogP contribution in [0.4, 0.5) is 5.69 Å². The van der Waals surface area contributed by atoms with Crippen LogP contribution in [0.3, 0.4) is 0 Å². The molecule has 0 aliphatic heterocycles. The Bertz CT molecular complexity index is 821.